The lowest BCUT2D eigenvalue weighted by atomic mass is 10.0. The first-order valence-corrected chi connectivity index (χ1v) is 6.19. The molecule has 3 nitrogen and oxygen atoms in total. The van der Waals surface area contributed by atoms with Crippen molar-refractivity contribution in [3.05, 3.63) is 23.4 Å². The Hall–Kier alpha value is -1.59. The van der Waals surface area contributed by atoms with Crippen LogP contribution in [0.3, 0.4) is 0 Å². The molecule has 1 saturated heterocycles. The van der Waals surface area contributed by atoms with Gasteiger partial charge in [-0.05, 0) is 24.0 Å². The predicted molar refractivity (Wildman–Crippen MR) is 64.9 cm³/mol. The van der Waals surface area contributed by atoms with E-state index in [-0.39, 0.29) is 23.2 Å². The SMILES string of the molecule is CC(C)c1ccc(N2CCCC2=O)nc1C(F)(F)F. The number of hydrogen-bond donors (Lipinski definition) is 0. The summed E-state index contributed by atoms with van der Waals surface area (Å²) < 4.78 is 39.0. The van der Waals surface area contributed by atoms with Crippen LogP contribution in [0.15, 0.2) is 12.1 Å². The molecule has 0 atom stereocenters. The van der Waals surface area contributed by atoms with Gasteiger partial charge in [-0.2, -0.15) is 13.2 Å². The van der Waals surface area contributed by atoms with Crippen molar-refractivity contribution in [1.82, 2.24) is 4.98 Å². The van der Waals surface area contributed by atoms with Crippen molar-refractivity contribution in [2.45, 2.75) is 38.8 Å². The van der Waals surface area contributed by atoms with Crippen molar-refractivity contribution in [2.75, 3.05) is 11.4 Å². The fraction of sp³-hybridized carbons (Fsp3) is 0.538. The summed E-state index contributed by atoms with van der Waals surface area (Å²) in [5, 5.41) is 0. The second-order valence-electron chi connectivity index (χ2n) is 4.91. The third-order valence-electron chi connectivity index (χ3n) is 3.15. The van der Waals surface area contributed by atoms with Crippen molar-refractivity contribution in [2.24, 2.45) is 0 Å². The lowest BCUT2D eigenvalue weighted by Gasteiger charge is -2.19. The average Bonchev–Trinajstić information content (AvgIpc) is 2.73. The number of carbonyl (C=O) groups excluding carboxylic acids is 1. The number of alkyl halides is 3. The van der Waals surface area contributed by atoms with Crippen LogP contribution in [0.5, 0.6) is 0 Å². The van der Waals surface area contributed by atoms with Crippen LogP contribution in [-0.2, 0) is 11.0 Å². The van der Waals surface area contributed by atoms with Gasteiger partial charge in [-0.15, -0.1) is 0 Å². The van der Waals surface area contributed by atoms with E-state index in [1.807, 2.05) is 0 Å². The van der Waals surface area contributed by atoms with Gasteiger partial charge in [0.25, 0.3) is 0 Å². The molecule has 0 unspecified atom stereocenters. The molecular weight excluding hydrogens is 257 g/mol. The van der Waals surface area contributed by atoms with Gasteiger partial charge >= 0.3 is 6.18 Å². The van der Waals surface area contributed by atoms with Crippen molar-refractivity contribution < 1.29 is 18.0 Å². The lowest BCUT2D eigenvalue weighted by molar-refractivity contribution is -0.142. The molecule has 1 amide bonds. The summed E-state index contributed by atoms with van der Waals surface area (Å²) in [7, 11) is 0. The summed E-state index contributed by atoms with van der Waals surface area (Å²) in [6.45, 7) is 3.81. The van der Waals surface area contributed by atoms with Crippen LogP contribution in [0.1, 0.15) is 43.9 Å². The van der Waals surface area contributed by atoms with E-state index < -0.39 is 11.9 Å². The number of rotatable bonds is 2. The molecule has 2 rings (SSSR count). The third-order valence-corrected chi connectivity index (χ3v) is 3.15. The molecule has 0 radical (unpaired) electrons. The molecule has 1 aliphatic rings. The van der Waals surface area contributed by atoms with Gasteiger partial charge < -0.3 is 0 Å². The highest BCUT2D eigenvalue weighted by molar-refractivity contribution is 5.94. The number of pyridine rings is 1. The highest BCUT2D eigenvalue weighted by Gasteiger charge is 2.37. The Kier molecular flexibility index (Phi) is 3.52. The quantitative estimate of drug-likeness (QED) is 0.827. The Bertz CT molecular complexity index is 497. The summed E-state index contributed by atoms with van der Waals surface area (Å²) in [5.41, 5.74) is -0.734. The molecule has 1 aromatic heterocycles. The van der Waals surface area contributed by atoms with E-state index in [1.54, 1.807) is 13.8 Å². The first-order chi connectivity index (χ1) is 8.80. The second kappa shape index (κ2) is 4.83. The van der Waals surface area contributed by atoms with Crippen LogP contribution in [0, 0.1) is 0 Å². The second-order valence-corrected chi connectivity index (χ2v) is 4.91. The third kappa shape index (κ3) is 2.72. The normalized spacial score (nSPS) is 16.5. The highest BCUT2D eigenvalue weighted by atomic mass is 19.4. The molecule has 0 N–H and O–H groups in total. The first-order valence-electron chi connectivity index (χ1n) is 6.19. The minimum Gasteiger partial charge on any atom is -0.297 e. The van der Waals surface area contributed by atoms with Gasteiger partial charge in [0.15, 0.2) is 0 Å². The maximum Gasteiger partial charge on any atom is 0.433 e. The molecule has 104 valence electrons. The van der Waals surface area contributed by atoms with Crippen LogP contribution in [0.2, 0.25) is 0 Å². The van der Waals surface area contributed by atoms with Crippen molar-refractivity contribution in [1.29, 1.82) is 0 Å². The molecule has 1 aromatic rings. The molecule has 0 aromatic carbocycles. The van der Waals surface area contributed by atoms with E-state index in [9.17, 15) is 18.0 Å². The van der Waals surface area contributed by atoms with Gasteiger partial charge in [-0.3, -0.25) is 9.69 Å². The maximum atomic E-state index is 13.0. The minimum atomic E-state index is -4.50. The van der Waals surface area contributed by atoms with E-state index in [4.69, 9.17) is 0 Å². The molecule has 0 saturated carbocycles. The maximum absolute atomic E-state index is 13.0. The largest absolute Gasteiger partial charge is 0.433 e. The van der Waals surface area contributed by atoms with E-state index in [0.717, 1.165) is 0 Å². The summed E-state index contributed by atoms with van der Waals surface area (Å²) in [6.07, 6.45) is -3.47. The summed E-state index contributed by atoms with van der Waals surface area (Å²) in [4.78, 5) is 16.6. The number of hydrogen-bond acceptors (Lipinski definition) is 2. The van der Waals surface area contributed by atoms with Gasteiger partial charge in [0, 0.05) is 13.0 Å². The lowest BCUT2D eigenvalue weighted by Crippen LogP contribution is -2.26. The Balaban J connectivity index is 2.46. The van der Waals surface area contributed by atoms with Gasteiger partial charge in [0.1, 0.15) is 11.5 Å². The van der Waals surface area contributed by atoms with Crippen LogP contribution >= 0.6 is 0 Å². The zero-order chi connectivity index (χ0) is 14.2. The zero-order valence-corrected chi connectivity index (χ0v) is 10.8. The molecular formula is C13H15F3N2O. The van der Waals surface area contributed by atoms with Gasteiger partial charge in [0.2, 0.25) is 5.91 Å². The fourth-order valence-corrected chi connectivity index (χ4v) is 2.19. The first kappa shape index (κ1) is 13.8. The number of anilines is 1. The fourth-order valence-electron chi connectivity index (χ4n) is 2.19. The summed E-state index contributed by atoms with van der Waals surface area (Å²) in [6, 6.07) is 2.91. The number of nitrogens with zero attached hydrogens (tertiary/aromatic N) is 2. The summed E-state index contributed by atoms with van der Waals surface area (Å²) in [5.74, 6) is -0.343. The van der Waals surface area contributed by atoms with Crippen LogP contribution in [0.25, 0.3) is 0 Å². The number of carbonyl (C=O) groups is 1. The van der Waals surface area contributed by atoms with E-state index in [1.165, 1.54) is 17.0 Å². The Morgan fingerprint density at radius 2 is 2.00 bits per heavy atom. The van der Waals surface area contributed by atoms with Gasteiger partial charge in [-0.25, -0.2) is 4.98 Å². The molecule has 1 aliphatic heterocycles. The Morgan fingerprint density at radius 1 is 1.32 bits per heavy atom. The smallest absolute Gasteiger partial charge is 0.297 e. The van der Waals surface area contributed by atoms with Crippen LogP contribution in [-0.4, -0.2) is 17.4 Å². The van der Waals surface area contributed by atoms with Crippen molar-refractivity contribution in [3.63, 3.8) is 0 Å². The minimum absolute atomic E-state index is 0.0965. The van der Waals surface area contributed by atoms with Crippen LogP contribution in [0.4, 0.5) is 19.0 Å². The van der Waals surface area contributed by atoms with Gasteiger partial charge in [0.05, 0.1) is 0 Å². The number of aromatic nitrogens is 1. The van der Waals surface area contributed by atoms with Crippen LogP contribution < -0.4 is 4.90 Å². The molecule has 0 aliphatic carbocycles. The molecule has 0 bridgehead atoms. The van der Waals surface area contributed by atoms with E-state index >= 15 is 0 Å². The highest BCUT2D eigenvalue weighted by Crippen LogP contribution is 2.35. The van der Waals surface area contributed by atoms with Crippen molar-refractivity contribution in [3.8, 4) is 0 Å². The Labute approximate surface area is 109 Å². The van der Waals surface area contributed by atoms with Crippen molar-refractivity contribution >= 4 is 11.7 Å². The Morgan fingerprint density at radius 3 is 2.47 bits per heavy atom. The monoisotopic (exact) mass is 272 g/mol. The molecule has 0 spiro atoms. The number of amides is 1. The molecule has 2 heterocycles. The van der Waals surface area contributed by atoms with E-state index in [2.05, 4.69) is 4.98 Å². The zero-order valence-electron chi connectivity index (χ0n) is 10.8. The van der Waals surface area contributed by atoms with Gasteiger partial charge in [-0.1, -0.05) is 19.9 Å². The predicted octanol–water partition coefficient (Wildman–Crippen LogP) is 3.35. The topological polar surface area (TPSA) is 33.2 Å². The molecule has 6 heteroatoms. The standard InChI is InChI=1S/C13H15F3N2O/c1-8(2)9-5-6-10(17-12(9)13(14,15)16)18-7-3-4-11(18)19/h5-6,8H,3-4,7H2,1-2H3. The average molecular weight is 272 g/mol. The molecule has 19 heavy (non-hydrogen) atoms. The number of halogens is 3. The molecule has 1 fully saturated rings. The van der Waals surface area contributed by atoms with E-state index in [0.29, 0.717) is 19.4 Å². The summed E-state index contributed by atoms with van der Waals surface area (Å²) >= 11 is 0.